The number of hydrogen-bond acceptors (Lipinski definition) is 6. The Morgan fingerprint density at radius 2 is 2.00 bits per heavy atom. The van der Waals surface area contributed by atoms with E-state index >= 15 is 0 Å². The van der Waals surface area contributed by atoms with Gasteiger partial charge in [0.25, 0.3) is 5.56 Å². The number of H-pyrrole nitrogens is 1. The smallest absolute Gasteiger partial charge is 0.339 e. The van der Waals surface area contributed by atoms with E-state index in [2.05, 4.69) is 15.0 Å². The van der Waals surface area contributed by atoms with Gasteiger partial charge in [-0.1, -0.05) is 12.1 Å². The zero-order valence-electron chi connectivity index (χ0n) is 15.8. The van der Waals surface area contributed by atoms with Crippen molar-refractivity contribution in [3.05, 3.63) is 80.8 Å². The zero-order chi connectivity index (χ0) is 20.5. The van der Waals surface area contributed by atoms with E-state index in [0.29, 0.717) is 12.0 Å². The summed E-state index contributed by atoms with van der Waals surface area (Å²) >= 11 is 0. The summed E-state index contributed by atoms with van der Waals surface area (Å²) in [6.45, 7) is -0.203. The molecular weight excluding hydrogens is 376 g/mol. The number of aromatic nitrogens is 6. The van der Waals surface area contributed by atoms with Crippen LogP contribution >= 0.6 is 0 Å². The normalized spacial score (nSPS) is 11.1. The lowest BCUT2D eigenvalue weighted by atomic mass is 10.1. The highest BCUT2D eigenvalue weighted by Gasteiger charge is 2.16. The molecule has 0 atom stereocenters. The predicted octanol–water partition coefficient (Wildman–Crippen LogP) is 0.562. The van der Waals surface area contributed by atoms with Crippen LogP contribution in [-0.4, -0.2) is 34.6 Å². The van der Waals surface area contributed by atoms with E-state index in [1.165, 1.54) is 29.6 Å². The van der Waals surface area contributed by atoms with Gasteiger partial charge >= 0.3 is 11.7 Å². The second-order valence-electron chi connectivity index (χ2n) is 6.57. The van der Waals surface area contributed by atoms with Gasteiger partial charge < -0.3 is 9.72 Å². The molecule has 0 amide bonds. The highest BCUT2D eigenvalue weighted by Crippen LogP contribution is 2.11. The second kappa shape index (κ2) is 7.23. The number of benzene rings is 1. The third kappa shape index (κ3) is 3.35. The molecule has 0 aliphatic carbocycles. The number of ether oxygens (including phenoxy) is 1. The fraction of sp³-hybridized carbons (Fsp3) is 0.211. The van der Waals surface area contributed by atoms with Crippen molar-refractivity contribution in [2.45, 2.75) is 13.2 Å². The van der Waals surface area contributed by atoms with Crippen molar-refractivity contribution in [1.29, 1.82) is 0 Å². The number of carbonyl (C=O) groups excluding carboxylic acids is 1. The number of aryl methyl sites for hydroxylation is 1. The van der Waals surface area contributed by atoms with E-state index in [1.807, 2.05) is 6.07 Å². The van der Waals surface area contributed by atoms with Gasteiger partial charge in [0.2, 0.25) is 0 Å². The van der Waals surface area contributed by atoms with Crippen molar-refractivity contribution < 1.29 is 9.53 Å². The van der Waals surface area contributed by atoms with Gasteiger partial charge in [-0.2, -0.15) is 0 Å². The van der Waals surface area contributed by atoms with Crippen molar-refractivity contribution in [2.24, 2.45) is 14.1 Å². The minimum absolute atomic E-state index is 0.189. The lowest BCUT2D eigenvalue weighted by Gasteiger charge is -2.08. The quantitative estimate of drug-likeness (QED) is 0.495. The van der Waals surface area contributed by atoms with E-state index in [4.69, 9.17) is 4.74 Å². The van der Waals surface area contributed by atoms with Gasteiger partial charge in [-0.25, -0.2) is 19.6 Å². The Morgan fingerprint density at radius 1 is 1.17 bits per heavy atom. The molecule has 4 aromatic rings. The molecule has 4 rings (SSSR count). The van der Waals surface area contributed by atoms with Gasteiger partial charge in [-0.3, -0.25) is 18.5 Å². The van der Waals surface area contributed by atoms with Crippen LogP contribution in [-0.2, 0) is 32.0 Å². The summed E-state index contributed by atoms with van der Waals surface area (Å²) in [7, 11) is 2.91. The summed E-state index contributed by atoms with van der Waals surface area (Å²) in [5, 5.41) is 0. The Bertz CT molecular complexity index is 1310. The number of nitrogens with zero attached hydrogens (tertiary/aromatic N) is 5. The van der Waals surface area contributed by atoms with Crippen molar-refractivity contribution in [1.82, 2.24) is 28.7 Å². The number of nitrogens with one attached hydrogen (secondary N) is 1. The molecule has 0 radical (unpaired) electrons. The second-order valence-corrected chi connectivity index (χ2v) is 6.57. The van der Waals surface area contributed by atoms with Gasteiger partial charge in [0.1, 0.15) is 12.2 Å². The number of hydrogen-bond donors (Lipinski definition) is 1. The van der Waals surface area contributed by atoms with Crippen LogP contribution in [0.2, 0.25) is 0 Å². The molecule has 0 unspecified atom stereocenters. The third-order valence-electron chi connectivity index (χ3n) is 4.64. The average molecular weight is 394 g/mol. The first kappa shape index (κ1) is 18.4. The molecule has 3 aromatic heterocycles. The number of fused-ring (bicyclic) bond motifs is 1. The molecule has 0 saturated heterocycles. The van der Waals surface area contributed by atoms with Crippen molar-refractivity contribution >= 4 is 17.1 Å². The van der Waals surface area contributed by atoms with Gasteiger partial charge in [0.05, 0.1) is 5.56 Å². The van der Waals surface area contributed by atoms with Crippen molar-refractivity contribution in [2.75, 3.05) is 0 Å². The SMILES string of the molecule is Cn1c(=O)c2c(ncn2COC(=O)c2cccc(Cc3ncc[nH]3)c2)n(C)c1=O. The van der Waals surface area contributed by atoms with Crippen LogP contribution in [0.5, 0.6) is 0 Å². The summed E-state index contributed by atoms with van der Waals surface area (Å²) < 4.78 is 9.02. The molecule has 0 spiro atoms. The standard InChI is InChI=1S/C19H18N6O4/c1-23-16-15(17(26)24(2)19(23)28)25(10-22-16)11-29-18(27)13-5-3-4-12(8-13)9-14-20-6-7-21-14/h3-8,10H,9,11H2,1-2H3,(H,20,21). The highest BCUT2D eigenvalue weighted by molar-refractivity contribution is 5.89. The molecular formula is C19H18N6O4. The molecule has 1 aromatic carbocycles. The van der Waals surface area contributed by atoms with E-state index in [-0.39, 0.29) is 17.9 Å². The van der Waals surface area contributed by atoms with Crippen LogP contribution in [0.15, 0.2) is 52.6 Å². The molecule has 0 aliphatic rings. The Labute approximate surface area is 164 Å². The topological polar surface area (TPSA) is 117 Å². The lowest BCUT2D eigenvalue weighted by molar-refractivity contribution is 0.0378. The molecule has 148 valence electrons. The lowest BCUT2D eigenvalue weighted by Crippen LogP contribution is -2.37. The van der Waals surface area contributed by atoms with E-state index in [9.17, 15) is 14.4 Å². The monoisotopic (exact) mass is 394 g/mol. The third-order valence-corrected chi connectivity index (χ3v) is 4.64. The summed E-state index contributed by atoms with van der Waals surface area (Å²) in [6, 6.07) is 7.06. The minimum Gasteiger partial charge on any atom is -0.440 e. The molecule has 3 heterocycles. The van der Waals surface area contributed by atoms with Crippen LogP contribution in [0.25, 0.3) is 11.2 Å². The highest BCUT2D eigenvalue weighted by atomic mass is 16.5. The van der Waals surface area contributed by atoms with E-state index < -0.39 is 17.2 Å². The Hall–Kier alpha value is -3.95. The molecule has 0 aliphatic heterocycles. The Balaban J connectivity index is 1.55. The predicted molar refractivity (Wildman–Crippen MR) is 103 cm³/mol. The molecule has 10 heteroatoms. The first-order valence-corrected chi connectivity index (χ1v) is 8.81. The number of aromatic amines is 1. The van der Waals surface area contributed by atoms with Crippen LogP contribution in [0.3, 0.4) is 0 Å². The first-order chi connectivity index (χ1) is 14.0. The maximum Gasteiger partial charge on any atom is 0.339 e. The zero-order valence-corrected chi connectivity index (χ0v) is 15.8. The molecule has 1 N–H and O–H groups in total. The molecule has 10 nitrogen and oxygen atoms in total. The fourth-order valence-corrected chi connectivity index (χ4v) is 3.10. The summed E-state index contributed by atoms with van der Waals surface area (Å²) in [4.78, 5) is 48.2. The van der Waals surface area contributed by atoms with E-state index in [0.717, 1.165) is 16.0 Å². The first-order valence-electron chi connectivity index (χ1n) is 8.81. The summed E-state index contributed by atoms with van der Waals surface area (Å²) in [6.07, 6.45) is 5.34. The van der Waals surface area contributed by atoms with Gasteiger partial charge in [0, 0.05) is 32.9 Å². The van der Waals surface area contributed by atoms with Gasteiger partial charge in [0.15, 0.2) is 17.9 Å². The molecule has 0 bridgehead atoms. The molecule has 0 fully saturated rings. The molecule has 29 heavy (non-hydrogen) atoms. The largest absolute Gasteiger partial charge is 0.440 e. The average Bonchev–Trinajstić information content (AvgIpc) is 3.39. The van der Waals surface area contributed by atoms with Crippen LogP contribution in [0.1, 0.15) is 21.7 Å². The summed E-state index contributed by atoms with van der Waals surface area (Å²) in [5.41, 5.74) is 0.740. The number of esters is 1. The van der Waals surface area contributed by atoms with Crippen molar-refractivity contribution in [3.63, 3.8) is 0 Å². The fourth-order valence-electron chi connectivity index (χ4n) is 3.10. The number of imidazole rings is 2. The van der Waals surface area contributed by atoms with Crippen LogP contribution < -0.4 is 11.2 Å². The molecule has 0 saturated carbocycles. The van der Waals surface area contributed by atoms with E-state index in [1.54, 1.807) is 30.6 Å². The van der Waals surface area contributed by atoms with Gasteiger partial charge in [-0.05, 0) is 17.7 Å². The van der Waals surface area contributed by atoms with Gasteiger partial charge in [-0.15, -0.1) is 0 Å². The Kier molecular flexibility index (Phi) is 4.59. The maximum atomic E-state index is 12.5. The van der Waals surface area contributed by atoms with Crippen LogP contribution in [0.4, 0.5) is 0 Å². The van der Waals surface area contributed by atoms with Crippen molar-refractivity contribution in [3.8, 4) is 0 Å². The van der Waals surface area contributed by atoms with Crippen LogP contribution in [0, 0.1) is 0 Å². The minimum atomic E-state index is -0.533. The summed E-state index contributed by atoms with van der Waals surface area (Å²) in [5.74, 6) is 0.261. The number of rotatable bonds is 5. The maximum absolute atomic E-state index is 12.5. The number of carbonyl (C=O) groups is 1. The Morgan fingerprint density at radius 3 is 2.76 bits per heavy atom.